The van der Waals surface area contributed by atoms with E-state index in [4.69, 9.17) is 18.9 Å². The first-order valence-corrected chi connectivity index (χ1v) is 10.3. The number of benzene rings is 2. The van der Waals surface area contributed by atoms with Crippen molar-refractivity contribution in [1.29, 1.82) is 0 Å². The smallest absolute Gasteiger partial charge is 0.273 e. The van der Waals surface area contributed by atoms with E-state index in [1.165, 1.54) is 18.4 Å². The van der Waals surface area contributed by atoms with Crippen molar-refractivity contribution in [3.8, 4) is 11.5 Å². The molecule has 0 bridgehead atoms. The molecule has 8 nitrogen and oxygen atoms in total. The molecule has 0 radical (unpaired) electrons. The van der Waals surface area contributed by atoms with E-state index in [2.05, 4.69) is 20.9 Å². The highest BCUT2D eigenvalue weighted by Crippen LogP contribution is 2.39. The predicted molar refractivity (Wildman–Crippen MR) is 119 cm³/mol. The lowest BCUT2D eigenvalue weighted by atomic mass is 10.1. The van der Waals surface area contributed by atoms with Gasteiger partial charge in [-0.25, -0.2) is 4.98 Å². The third-order valence-electron chi connectivity index (χ3n) is 4.07. The molecule has 30 heavy (non-hydrogen) atoms. The number of methoxy groups -OCH3 is 2. The van der Waals surface area contributed by atoms with E-state index < -0.39 is 0 Å². The molecule has 3 aromatic rings. The molecule has 0 saturated carbocycles. The fourth-order valence-corrected chi connectivity index (χ4v) is 4.17. The lowest BCUT2D eigenvalue weighted by molar-refractivity contribution is -0.385. The highest BCUT2D eigenvalue weighted by atomic mass is 79.9. The van der Waals surface area contributed by atoms with Gasteiger partial charge in [-0.05, 0) is 53.2 Å². The number of hydrogen-bond donors (Lipinski definition) is 0. The molecule has 0 aliphatic carbocycles. The first-order valence-electron chi connectivity index (χ1n) is 8.74. The van der Waals surface area contributed by atoms with Gasteiger partial charge in [0.1, 0.15) is 21.0 Å². The summed E-state index contributed by atoms with van der Waals surface area (Å²) < 4.78 is 22.6. The van der Waals surface area contributed by atoms with Crippen LogP contribution in [-0.2, 0) is 9.47 Å². The summed E-state index contributed by atoms with van der Waals surface area (Å²) in [5.41, 5.74) is 2.18. The lowest BCUT2D eigenvalue weighted by Gasteiger charge is -2.14. The van der Waals surface area contributed by atoms with Gasteiger partial charge < -0.3 is 18.9 Å². The van der Waals surface area contributed by atoms with Crippen LogP contribution in [0.5, 0.6) is 11.5 Å². The van der Waals surface area contributed by atoms with Gasteiger partial charge in [0.15, 0.2) is 13.6 Å². The van der Waals surface area contributed by atoms with Crippen LogP contribution in [0.15, 0.2) is 28.7 Å². The third-order valence-corrected chi connectivity index (χ3v) is 5.80. The van der Waals surface area contributed by atoms with Crippen molar-refractivity contribution < 1.29 is 23.9 Å². The third kappa shape index (κ3) is 4.96. The second kappa shape index (κ2) is 9.98. The zero-order valence-corrected chi connectivity index (χ0v) is 18.9. The summed E-state index contributed by atoms with van der Waals surface area (Å²) in [6.45, 7) is 1.88. The van der Waals surface area contributed by atoms with Crippen molar-refractivity contribution in [3.63, 3.8) is 0 Å². The minimum atomic E-state index is -0.381. The van der Waals surface area contributed by atoms with Crippen molar-refractivity contribution in [2.24, 2.45) is 0 Å². The summed E-state index contributed by atoms with van der Waals surface area (Å²) in [5.74, 6) is 1.12. The summed E-state index contributed by atoms with van der Waals surface area (Å²) in [6.07, 6.45) is 3.69. The van der Waals surface area contributed by atoms with E-state index in [9.17, 15) is 10.1 Å². The maximum Gasteiger partial charge on any atom is 0.273 e. The molecular weight excluding hydrogens is 476 g/mol. The van der Waals surface area contributed by atoms with Crippen LogP contribution in [0.2, 0.25) is 0 Å². The first-order chi connectivity index (χ1) is 14.4. The Morgan fingerprint density at radius 3 is 2.60 bits per heavy atom. The Morgan fingerprint density at radius 1 is 1.17 bits per heavy atom. The molecule has 0 N–H and O–H groups in total. The molecule has 0 saturated heterocycles. The molecule has 1 aromatic heterocycles. The van der Waals surface area contributed by atoms with Gasteiger partial charge in [-0.15, -0.1) is 11.3 Å². The Bertz CT molecular complexity index is 1100. The highest BCUT2D eigenvalue weighted by Gasteiger charge is 2.15. The quantitative estimate of drug-likeness (QED) is 0.223. The Labute approximate surface area is 185 Å². The molecule has 1 heterocycles. The predicted octanol–water partition coefficient (Wildman–Crippen LogP) is 5.41. The second-order valence-corrected chi connectivity index (χ2v) is 8.00. The van der Waals surface area contributed by atoms with E-state index >= 15 is 0 Å². The van der Waals surface area contributed by atoms with Crippen LogP contribution in [0.3, 0.4) is 0 Å². The number of nitro groups is 1. The number of rotatable bonds is 9. The zero-order valence-electron chi connectivity index (χ0n) is 16.5. The van der Waals surface area contributed by atoms with Gasteiger partial charge in [0.05, 0.1) is 15.1 Å². The fourth-order valence-electron chi connectivity index (χ4n) is 2.70. The van der Waals surface area contributed by atoms with Gasteiger partial charge in [-0.1, -0.05) is 0 Å². The molecule has 0 aliphatic rings. The van der Waals surface area contributed by atoms with Crippen LogP contribution in [0, 0.1) is 17.0 Å². The number of hydrogen-bond acceptors (Lipinski definition) is 8. The van der Waals surface area contributed by atoms with Crippen LogP contribution in [-0.4, -0.2) is 37.7 Å². The minimum absolute atomic E-state index is 0.0667. The van der Waals surface area contributed by atoms with Gasteiger partial charge in [0, 0.05) is 31.4 Å². The van der Waals surface area contributed by atoms with Crippen molar-refractivity contribution in [2.45, 2.75) is 6.92 Å². The number of thiazole rings is 1. The topological polar surface area (TPSA) is 93.0 Å². The molecule has 0 unspecified atom stereocenters. The number of aryl methyl sites for hydroxylation is 1. The number of aromatic nitrogens is 1. The van der Waals surface area contributed by atoms with Crippen LogP contribution < -0.4 is 9.47 Å². The maximum atomic E-state index is 11.2. The Balaban J connectivity index is 1.94. The standard InChI is InChI=1S/C20H19BrN2O6S/c1-12-8-14-17(9-15(12)23(24)25)30-18(22-14)7-5-13-4-6-16(28-10-26-2)19(21)20(13)29-11-27-3/h4-9H,10-11H2,1-3H3/b7-5+. The van der Waals surface area contributed by atoms with Crippen molar-refractivity contribution in [3.05, 3.63) is 55.0 Å². The highest BCUT2D eigenvalue weighted by molar-refractivity contribution is 9.10. The summed E-state index contributed by atoms with van der Waals surface area (Å²) in [5, 5.41) is 11.9. The van der Waals surface area contributed by atoms with Crippen molar-refractivity contribution >= 4 is 55.3 Å². The molecule has 2 aromatic carbocycles. The van der Waals surface area contributed by atoms with E-state index in [1.807, 2.05) is 18.2 Å². The molecular formula is C20H19BrN2O6S. The Morgan fingerprint density at radius 2 is 1.90 bits per heavy atom. The van der Waals surface area contributed by atoms with Gasteiger partial charge in [0.2, 0.25) is 0 Å². The molecule has 0 spiro atoms. The molecule has 0 atom stereocenters. The SMILES string of the molecule is COCOc1ccc(/C=C/c2nc3cc(C)c([N+](=O)[O-])cc3s2)c(OCOC)c1Br. The van der Waals surface area contributed by atoms with Crippen LogP contribution in [0.4, 0.5) is 5.69 Å². The van der Waals surface area contributed by atoms with E-state index in [0.29, 0.717) is 21.5 Å². The van der Waals surface area contributed by atoms with Crippen LogP contribution >= 0.6 is 27.3 Å². The second-order valence-electron chi connectivity index (χ2n) is 6.15. The number of fused-ring (bicyclic) bond motifs is 1. The largest absolute Gasteiger partial charge is 0.466 e. The summed E-state index contributed by atoms with van der Waals surface area (Å²) in [6, 6.07) is 6.94. The number of nitro benzene ring substituents is 1. The van der Waals surface area contributed by atoms with Gasteiger partial charge in [-0.2, -0.15) is 0 Å². The molecule has 10 heteroatoms. The van der Waals surface area contributed by atoms with Gasteiger partial charge >= 0.3 is 0 Å². The number of ether oxygens (including phenoxy) is 4. The molecule has 158 valence electrons. The van der Waals surface area contributed by atoms with Crippen LogP contribution in [0.25, 0.3) is 22.4 Å². The zero-order chi connectivity index (χ0) is 21.7. The van der Waals surface area contributed by atoms with Gasteiger partial charge in [0.25, 0.3) is 5.69 Å². The molecule has 0 aliphatic heterocycles. The van der Waals surface area contributed by atoms with Crippen molar-refractivity contribution in [1.82, 2.24) is 4.98 Å². The van der Waals surface area contributed by atoms with Crippen molar-refractivity contribution in [2.75, 3.05) is 27.8 Å². The minimum Gasteiger partial charge on any atom is -0.466 e. The molecule has 0 amide bonds. The lowest BCUT2D eigenvalue weighted by Crippen LogP contribution is -2.04. The summed E-state index contributed by atoms with van der Waals surface area (Å²) in [7, 11) is 3.08. The number of halogens is 1. The monoisotopic (exact) mass is 494 g/mol. The average molecular weight is 495 g/mol. The summed E-state index contributed by atoms with van der Waals surface area (Å²) in [4.78, 5) is 15.3. The molecule has 0 fully saturated rings. The first kappa shape index (κ1) is 22.2. The van der Waals surface area contributed by atoms with Crippen LogP contribution in [0.1, 0.15) is 16.1 Å². The van der Waals surface area contributed by atoms with E-state index in [1.54, 1.807) is 32.2 Å². The van der Waals surface area contributed by atoms with E-state index in [0.717, 1.165) is 20.8 Å². The van der Waals surface area contributed by atoms with Gasteiger partial charge in [-0.3, -0.25) is 10.1 Å². The maximum absolute atomic E-state index is 11.2. The normalized spacial score (nSPS) is 11.3. The Hall–Kier alpha value is -2.53. The number of nitrogens with zero attached hydrogens (tertiary/aromatic N) is 2. The van der Waals surface area contributed by atoms with E-state index in [-0.39, 0.29) is 24.2 Å². The Kier molecular flexibility index (Phi) is 7.38. The fraction of sp³-hybridized carbons (Fsp3) is 0.250. The molecule has 3 rings (SSSR count). The average Bonchev–Trinajstić information content (AvgIpc) is 3.11. The summed E-state index contributed by atoms with van der Waals surface area (Å²) >= 11 is 4.88.